The van der Waals surface area contributed by atoms with E-state index in [-0.39, 0.29) is 12.0 Å². The normalized spacial score (nSPS) is 19.3. The van der Waals surface area contributed by atoms with Gasteiger partial charge < -0.3 is 4.74 Å². The summed E-state index contributed by atoms with van der Waals surface area (Å²) in [4.78, 5) is 15.9. The van der Waals surface area contributed by atoms with Gasteiger partial charge in [-0.05, 0) is 6.92 Å². The quantitative estimate of drug-likeness (QED) is 0.753. The van der Waals surface area contributed by atoms with Gasteiger partial charge in [0.1, 0.15) is 0 Å². The average Bonchev–Trinajstić information content (AvgIpc) is 2.80. The van der Waals surface area contributed by atoms with E-state index in [1.54, 1.807) is 11.8 Å². The van der Waals surface area contributed by atoms with E-state index in [1.165, 1.54) is 0 Å². The van der Waals surface area contributed by atoms with Crippen molar-refractivity contribution < 1.29 is 9.53 Å². The van der Waals surface area contributed by atoms with Crippen molar-refractivity contribution in [1.29, 1.82) is 0 Å². The molecule has 0 radical (unpaired) electrons. The lowest BCUT2D eigenvalue weighted by Gasteiger charge is -2.03. The molecule has 0 fully saturated rings. The van der Waals surface area contributed by atoms with Gasteiger partial charge in [-0.2, -0.15) is 0 Å². The maximum atomic E-state index is 11.5. The molecule has 1 aromatic rings. The second kappa shape index (κ2) is 5.16. The zero-order chi connectivity index (χ0) is 11.4. The van der Waals surface area contributed by atoms with Crippen LogP contribution in [0.3, 0.4) is 0 Å². The first-order valence-corrected chi connectivity index (χ1v) is 6.22. The van der Waals surface area contributed by atoms with E-state index in [1.807, 2.05) is 37.3 Å². The minimum Gasteiger partial charge on any atom is -0.464 e. The van der Waals surface area contributed by atoms with E-state index >= 15 is 0 Å². The number of carbonyl (C=O) groups excluding carboxylic acids is 1. The third-order valence-electron chi connectivity index (χ3n) is 2.23. The van der Waals surface area contributed by atoms with Crippen molar-refractivity contribution in [1.82, 2.24) is 0 Å². The van der Waals surface area contributed by atoms with Gasteiger partial charge in [0.2, 0.25) is 0 Å². The molecule has 1 unspecified atom stereocenters. The second-order valence-electron chi connectivity index (χ2n) is 3.38. The number of aliphatic imine (C=N–C) groups is 1. The third-order valence-corrected chi connectivity index (χ3v) is 3.33. The summed E-state index contributed by atoms with van der Waals surface area (Å²) in [7, 11) is 0. The highest BCUT2D eigenvalue weighted by Crippen LogP contribution is 2.23. The molecular formula is C12H13NO2S. The predicted octanol–water partition coefficient (Wildman–Crippen LogP) is 2.11. The summed E-state index contributed by atoms with van der Waals surface area (Å²) in [5.74, 6) is 0.462. The molecule has 3 nitrogen and oxygen atoms in total. The van der Waals surface area contributed by atoms with Crippen molar-refractivity contribution in [2.45, 2.75) is 13.0 Å². The highest BCUT2D eigenvalue weighted by atomic mass is 32.2. The van der Waals surface area contributed by atoms with Gasteiger partial charge in [-0.15, -0.1) is 11.8 Å². The molecule has 1 aliphatic heterocycles. The number of thioether (sulfide) groups is 1. The number of carbonyl (C=O) groups is 1. The molecule has 0 N–H and O–H groups in total. The Bertz CT molecular complexity index is 403. The van der Waals surface area contributed by atoms with E-state index < -0.39 is 0 Å². The fraction of sp³-hybridized carbons (Fsp3) is 0.333. The fourth-order valence-corrected chi connectivity index (χ4v) is 2.50. The molecule has 0 amide bonds. The van der Waals surface area contributed by atoms with Crippen LogP contribution in [0.1, 0.15) is 12.5 Å². The van der Waals surface area contributed by atoms with E-state index in [9.17, 15) is 4.79 Å². The zero-order valence-corrected chi connectivity index (χ0v) is 9.87. The second-order valence-corrected chi connectivity index (χ2v) is 4.39. The number of nitrogens with zero attached hydrogens (tertiary/aromatic N) is 1. The lowest BCUT2D eigenvalue weighted by atomic mass is 10.2. The average molecular weight is 235 g/mol. The Balaban J connectivity index is 2.09. The van der Waals surface area contributed by atoms with Crippen LogP contribution in [0.15, 0.2) is 35.3 Å². The van der Waals surface area contributed by atoms with Gasteiger partial charge in [0.15, 0.2) is 6.04 Å². The van der Waals surface area contributed by atoms with E-state index in [4.69, 9.17) is 4.74 Å². The van der Waals surface area contributed by atoms with E-state index in [2.05, 4.69) is 4.99 Å². The summed E-state index contributed by atoms with van der Waals surface area (Å²) in [6.07, 6.45) is 0. The first kappa shape index (κ1) is 11.2. The van der Waals surface area contributed by atoms with Crippen molar-refractivity contribution in [2.24, 2.45) is 4.99 Å². The zero-order valence-electron chi connectivity index (χ0n) is 9.05. The molecule has 0 saturated heterocycles. The lowest BCUT2D eigenvalue weighted by molar-refractivity contribution is -0.143. The Hall–Kier alpha value is -1.29. The van der Waals surface area contributed by atoms with Crippen molar-refractivity contribution in [3.8, 4) is 0 Å². The van der Waals surface area contributed by atoms with Gasteiger partial charge in [-0.1, -0.05) is 30.3 Å². The number of esters is 1. The Morgan fingerprint density at radius 3 is 2.94 bits per heavy atom. The van der Waals surface area contributed by atoms with Gasteiger partial charge in [0.25, 0.3) is 0 Å². The molecule has 0 bridgehead atoms. The molecule has 0 aromatic heterocycles. The van der Waals surface area contributed by atoms with Crippen LogP contribution in [0.4, 0.5) is 0 Å². The standard InChI is InChI=1S/C12H13NO2S/c1-2-15-12(14)10-8-16-11(13-10)9-6-4-3-5-7-9/h3-7,10H,2,8H2,1H3. The molecule has 1 aliphatic rings. The van der Waals surface area contributed by atoms with Crippen LogP contribution in [0.25, 0.3) is 0 Å². The third kappa shape index (κ3) is 2.44. The molecule has 16 heavy (non-hydrogen) atoms. The Morgan fingerprint density at radius 1 is 1.50 bits per heavy atom. The summed E-state index contributed by atoms with van der Waals surface area (Å²) in [6, 6.07) is 9.57. The van der Waals surface area contributed by atoms with E-state index in [0.29, 0.717) is 12.4 Å². The smallest absolute Gasteiger partial charge is 0.331 e. The van der Waals surface area contributed by atoms with Crippen molar-refractivity contribution >= 4 is 22.8 Å². The number of hydrogen-bond acceptors (Lipinski definition) is 4. The molecule has 2 rings (SSSR count). The summed E-state index contributed by atoms with van der Waals surface area (Å²) >= 11 is 1.61. The molecule has 84 valence electrons. The number of benzene rings is 1. The summed E-state index contributed by atoms with van der Waals surface area (Å²) in [6.45, 7) is 2.22. The monoisotopic (exact) mass is 235 g/mol. The molecule has 1 heterocycles. The van der Waals surface area contributed by atoms with Gasteiger partial charge >= 0.3 is 5.97 Å². The van der Waals surface area contributed by atoms with Crippen LogP contribution in [0.5, 0.6) is 0 Å². The van der Waals surface area contributed by atoms with Crippen LogP contribution in [-0.4, -0.2) is 29.4 Å². The minimum absolute atomic E-state index is 0.221. The molecule has 0 saturated carbocycles. The van der Waals surface area contributed by atoms with Crippen LogP contribution in [-0.2, 0) is 9.53 Å². The Labute approximate surface area is 98.9 Å². The van der Waals surface area contributed by atoms with Crippen molar-refractivity contribution in [3.05, 3.63) is 35.9 Å². The molecule has 4 heteroatoms. The highest BCUT2D eigenvalue weighted by molar-refractivity contribution is 8.14. The first-order valence-electron chi connectivity index (χ1n) is 5.24. The van der Waals surface area contributed by atoms with Crippen LogP contribution >= 0.6 is 11.8 Å². The lowest BCUT2D eigenvalue weighted by Crippen LogP contribution is -2.21. The van der Waals surface area contributed by atoms with Gasteiger partial charge in [-0.3, -0.25) is 4.99 Å². The fourth-order valence-electron chi connectivity index (χ4n) is 1.47. The SMILES string of the molecule is CCOC(=O)C1CSC(c2ccccc2)=N1. The minimum atomic E-state index is -0.333. The number of hydrogen-bond donors (Lipinski definition) is 0. The molecule has 0 aliphatic carbocycles. The largest absolute Gasteiger partial charge is 0.464 e. The summed E-state index contributed by atoms with van der Waals surface area (Å²) in [5, 5.41) is 0.929. The first-order chi connectivity index (χ1) is 7.81. The van der Waals surface area contributed by atoms with Crippen molar-refractivity contribution in [2.75, 3.05) is 12.4 Å². The molecular weight excluding hydrogens is 222 g/mol. The predicted molar refractivity (Wildman–Crippen MR) is 65.9 cm³/mol. The Morgan fingerprint density at radius 2 is 2.25 bits per heavy atom. The van der Waals surface area contributed by atoms with E-state index in [0.717, 1.165) is 10.6 Å². The van der Waals surface area contributed by atoms with Gasteiger partial charge in [0.05, 0.1) is 11.7 Å². The summed E-state index contributed by atoms with van der Waals surface area (Å²) in [5.41, 5.74) is 1.07. The van der Waals surface area contributed by atoms with Crippen LogP contribution in [0, 0.1) is 0 Å². The molecule has 1 aromatic carbocycles. The van der Waals surface area contributed by atoms with Crippen LogP contribution < -0.4 is 0 Å². The maximum absolute atomic E-state index is 11.5. The number of rotatable bonds is 3. The maximum Gasteiger partial charge on any atom is 0.331 e. The molecule has 1 atom stereocenters. The summed E-state index contributed by atoms with van der Waals surface area (Å²) < 4.78 is 4.95. The molecule has 0 spiro atoms. The topological polar surface area (TPSA) is 38.7 Å². The van der Waals surface area contributed by atoms with Crippen LogP contribution in [0.2, 0.25) is 0 Å². The number of ether oxygens (including phenoxy) is 1. The highest BCUT2D eigenvalue weighted by Gasteiger charge is 2.26. The van der Waals surface area contributed by atoms with Crippen molar-refractivity contribution in [3.63, 3.8) is 0 Å². The van der Waals surface area contributed by atoms with Gasteiger partial charge in [-0.25, -0.2) is 4.79 Å². The van der Waals surface area contributed by atoms with Gasteiger partial charge in [0, 0.05) is 11.3 Å². The Kier molecular flexibility index (Phi) is 3.62.